The third-order valence-electron chi connectivity index (χ3n) is 3.17. The van der Waals surface area contributed by atoms with E-state index in [0.29, 0.717) is 25.9 Å². The molecule has 1 aliphatic rings. The van der Waals surface area contributed by atoms with Gasteiger partial charge in [0.25, 0.3) is 0 Å². The molecule has 1 fully saturated rings. The van der Waals surface area contributed by atoms with E-state index >= 15 is 0 Å². The average Bonchev–Trinajstić information content (AvgIpc) is 3.07. The predicted molar refractivity (Wildman–Crippen MR) is 70.7 cm³/mol. The van der Waals surface area contributed by atoms with Gasteiger partial charge in [0.05, 0.1) is 24.5 Å². The first-order valence-corrected chi connectivity index (χ1v) is 7.03. The van der Waals surface area contributed by atoms with Gasteiger partial charge in [-0.15, -0.1) is 11.3 Å². The average molecular weight is 278 g/mol. The van der Waals surface area contributed by atoms with E-state index in [4.69, 9.17) is 4.42 Å². The molecule has 100 valence electrons. The monoisotopic (exact) mass is 278 g/mol. The van der Waals surface area contributed by atoms with E-state index in [1.54, 1.807) is 17.4 Å². The molecule has 1 atom stereocenters. The van der Waals surface area contributed by atoms with Crippen LogP contribution < -0.4 is 0 Å². The quantitative estimate of drug-likeness (QED) is 0.924. The Bertz CT molecular complexity index is 564. The van der Waals surface area contributed by atoms with Gasteiger partial charge in [-0.25, -0.2) is 4.98 Å². The number of β-amino-alcohol motifs (C(OH)–C–C–N with tert-alkyl or cyclic N) is 1. The van der Waals surface area contributed by atoms with Crippen LogP contribution in [0.5, 0.6) is 0 Å². The number of amides is 1. The molecule has 5 nitrogen and oxygen atoms in total. The summed E-state index contributed by atoms with van der Waals surface area (Å²) in [7, 11) is 0. The van der Waals surface area contributed by atoms with Crippen LogP contribution in [0.2, 0.25) is 0 Å². The fraction of sp³-hybridized carbons (Fsp3) is 0.385. The van der Waals surface area contributed by atoms with Crippen molar-refractivity contribution in [3.63, 3.8) is 0 Å². The van der Waals surface area contributed by atoms with Gasteiger partial charge in [-0.2, -0.15) is 0 Å². The van der Waals surface area contributed by atoms with Crippen molar-refractivity contribution in [2.24, 2.45) is 0 Å². The number of rotatable bonds is 3. The lowest BCUT2D eigenvalue weighted by Gasteiger charge is -2.14. The zero-order valence-corrected chi connectivity index (χ0v) is 11.1. The summed E-state index contributed by atoms with van der Waals surface area (Å²) in [5, 5.41) is 12.2. The number of thiazole rings is 1. The van der Waals surface area contributed by atoms with Crippen LogP contribution >= 0.6 is 11.3 Å². The number of furan rings is 1. The minimum absolute atomic E-state index is 0.0283. The second kappa shape index (κ2) is 5.14. The van der Waals surface area contributed by atoms with Crippen molar-refractivity contribution < 1.29 is 14.3 Å². The van der Waals surface area contributed by atoms with Crippen LogP contribution in [-0.2, 0) is 11.2 Å². The molecule has 0 radical (unpaired) electrons. The SMILES string of the molecule is O=C(Cc1csc(-c2ccoc2)n1)N1CC[C@@H](O)C1. The summed E-state index contributed by atoms with van der Waals surface area (Å²) >= 11 is 1.50. The van der Waals surface area contributed by atoms with Gasteiger partial charge >= 0.3 is 0 Å². The maximum absolute atomic E-state index is 12.0. The summed E-state index contributed by atoms with van der Waals surface area (Å²) < 4.78 is 5.02. The van der Waals surface area contributed by atoms with Crippen LogP contribution in [0.4, 0.5) is 0 Å². The maximum Gasteiger partial charge on any atom is 0.228 e. The minimum Gasteiger partial charge on any atom is -0.472 e. The minimum atomic E-state index is -0.374. The van der Waals surface area contributed by atoms with Crippen molar-refractivity contribution in [1.82, 2.24) is 9.88 Å². The Kier molecular flexibility index (Phi) is 3.35. The molecule has 0 bridgehead atoms. The lowest BCUT2D eigenvalue weighted by Crippen LogP contribution is -2.30. The second-order valence-corrected chi connectivity index (χ2v) is 5.47. The van der Waals surface area contributed by atoms with E-state index < -0.39 is 0 Å². The van der Waals surface area contributed by atoms with Crippen molar-refractivity contribution in [1.29, 1.82) is 0 Å². The van der Waals surface area contributed by atoms with Gasteiger partial charge in [-0.05, 0) is 12.5 Å². The first-order chi connectivity index (χ1) is 9.22. The Morgan fingerprint density at radius 1 is 1.63 bits per heavy atom. The molecule has 1 amide bonds. The van der Waals surface area contributed by atoms with Gasteiger partial charge in [0.15, 0.2) is 0 Å². The van der Waals surface area contributed by atoms with Crippen molar-refractivity contribution in [2.45, 2.75) is 18.9 Å². The summed E-state index contributed by atoms with van der Waals surface area (Å²) in [5.41, 5.74) is 1.70. The summed E-state index contributed by atoms with van der Waals surface area (Å²) in [6, 6.07) is 1.85. The topological polar surface area (TPSA) is 66.6 Å². The number of aliphatic hydroxyl groups is 1. The van der Waals surface area contributed by atoms with Crippen molar-refractivity contribution in [3.8, 4) is 10.6 Å². The number of nitrogens with zero attached hydrogens (tertiary/aromatic N) is 2. The Morgan fingerprint density at radius 3 is 3.21 bits per heavy atom. The van der Waals surface area contributed by atoms with E-state index in [1.165, 1.54) is 11.3 Å². The molecule has 3 heterocycles. The number of carbonyl (C=O) groups excluding carboxylic acids is 1. The Balaban J connectivity index is 1.66. The predicted octanol–water partition coefficient (Wildman–Crippen LogP) is 1.54. The Morgan fingerprint density at radius 2 is 2.53 bits per heavy atom. The fourth-order valence-corrected chi connectivity index (χ4v) is 2.95. The van der Waals surface area contributed by atoms with Gasteiger partial charge in [0.2, 0.25) is 5.91 Å². The van der Waals surface area contributed by atoms with Crippen LogP contribution in [0.1, 0.15) is 12.1 Å². The molecule has 19 heavy (non-hydrogen) atoms. The number of carbonyl (C=O) groups is 1. The van der Waals surface area contributed by atoms with Crippen molar-refractivity contribution in [2.75, 3.05) is 13.1 Å². The molecule has 0 spiro atoms. The molecule has 0 unspecified atom stereocenters. The zero-order chi connectivity index (χ0) is 13.2. The molecule has 2 aromatic rings. The van der Waals surface area contributed by atoms with Crippen molar-refractivity contribution >= 4 is 17.2 Å². The standard InChI is InChI=1S/C13H14N2O3S/c16-11-1-3-15(6-11)12(17)5-10-8-19-13(14-10)9-2-4-18-7-9/h2,4,7-8,11,16H,1,3,5-6H2/t11-/m1/s1. The Hall–Kier alpha value is -1.66. The van der Waals surface area contributed by atoms with Crippen LogP contribution in [0, 0.1) is 0 Å². The normalized spacial score (nSPS) is 19.0. The number of aliphatic hydroxyl groups excluding tert-OH is 1. The Labute approximate surface area is 114 Å². The number of hydrogen-bond acceptors (Lipinski definition) is 5. The molecule has 0 aromatic carbocycles. The molecule has 2 aromatic heterocycles. The van der Waals surface area contributed by atoms with Gasteiger partial charge in [0, 0.05) is 24.0 Å². The summed E-state index contributed by atoms with van der Waals surface area (Å²) in [5.74, 6) is 0.0283. The molecule has 3 rings (SSSR count). The van der Waals surface area contributed by atoms with E-state index in [9.17, 15) is 9.90 Å². The third-order valence-corrected chi connectivity index (χ3v) is 4.11. The molecule has 0 aliphatic carbocycles. The summed E-state index contributed by atoms with van der Waals surface area (Å²) in [4.78, 5) is 18.1. The van der Waals surface area contributed by atoms with Gasteiger partial charge in [-0.3, -0.25) is 4.79 Å². The molecule has 1 aliphatic heterocycles. The van der Waals surface area contributed by atoms with Crippen LogP contribution in [-0.4, -0.2) is 40.1 Å². The third kappa shape index (κ3) is 2.69. The molecule has 0 saturated carbocycles. The van der Waals surface area contributed by atoms with Gasteiger partial charge < -0.3 is 14.4 Å². The highest BCUT2D eigenvalue weighted by atomic mass is 32.1. The first kappa shape index (κ1) is 12.4. The lowest BCUT2D eigenvalue weighted by atomic mass is 10.3. The van der Waals surface area contributed by atoms with E-state index in [-0.39, 0.29) is 12.0 Å². The largest absolute Gasteiger partial charge is 0.472 e. The van der Waals surface area contributed by atoms with Crippen LogP contribution in [0.3, 0.4) is 0 Å². The smallest absolute Gasteiger partial charge is 0.228 e. The first-order valence-electron chi connectivity index (χ1n) is 6.15. The number of aromatic nitrogens is 1. The number of likely N-dealkylation sites (tertiary alicyclic amines) is 1. The highest BCUT2D eigenvalue weighted by Gasteiger charge is 2.24. The highest BCUT2D eigenvalue weighted by Crippen LogP contribution is 2.24. The molecular formula is C13H14N2O3S. The summed E-state index contributed by atoms with van der Waals surface area (Å²) in [6.45, 7) is 1.08. The van der Waals surface area contributed by atoms with E-state index in [1.807, 2.05) is 11.4 Å². The van der Waals surface area contributed by atoms with E-state index in [0.717, 1.165) is 16.3 Å². The van der Waals surface area contributed by atoms with Gasteiger partial charge in [-0.1, -0.05) is 0 Å². The molecule has 6 heteroatoms. The van der Waals surface area contributed by atoms with Gasteiger partial charge in [0.1, 0.15) is 11.3 Å². The zero-order valence-electron chi connectivity index (χ0n) is 10.3. The van der Waals surface area contributed by atoms with E-state index in [2.05, 4.69) is 4.98 Å². The molecule has 1 N–H and O–H groups in total. The van der Waals surface area contributed by atoms with Crippen LogP contribution in [0.15, 0.2) is 28.4 Å². The van der Waals surface area contributed by atoms with Crippen molar-refractivity contribution in [3.05, 3.63) is 29.7 Å². The number of hydrogen-bond donors (Lipinski definition) is 1. The molecule has 1 saturated heterocycles. The highest BCUT2D eigenvalue weighted by molar-refractivity contribution is 7.13. The summed E-state index contributed by atoms with van der Waals surface area (Å²) in [6.07, 6.45) is 3.83. The molecular weight excluding hydrogens is 264 g/mol. The van der Waals surface area contributed by atoms with Crippen LogP contribution in [0.25, 0.3) is 10.6 Å². The second-order valence-electron chi connectivity index (χ2n) is 4.62. The maximum atomic E-state index is 12.0. The fourth-order valence-electron chi connectivity index (χ4n) is 2.14. The lowest BCUT2D eigenvalue weighted by molar-refractivity contribution is -0.129.